The maximum atomic E-state index is 6.17. The summed E-state index contributed by atoms with van der Waals surface area (Å²) >= 11 is 19.8. The largest absolute Gasteiger partial charge is 0.309 e. The van der Waals surface area contributed by atoms with Gasteiger partial charge in [-0.15, -0.1) is 18.2 Å². The summed E-state index contributed by atoms with van der Waals surface area (Å²) in [6.45, 7) is 2.90. The van der Waals surface area contributed by atoms with E-state index < -0.39 is 0 Å². The van der Waals surface area contributed by atoms with E-state index in [1.54, 1.807) is 17.8 Å². The van der Waals surface area contributed by atoms with Gasteiger partial charge in [0.1, 0.15) is 0 Å². The van der Waals surface area contributed by atoms with E-state index in [9.17, 15) is 0 Å². The first kappa shape index (κ1) is 16.0. The second-order valence-electron chi connectivity index (χ2n) is 3.70. The van der Waals surface area contributed by atoms with Crippen LogP contribution in [0.15, 0.2) is 12.1 Å². The molecular weight excluding hydrogens is 309 g/mol. The van der Waals surface area contributed by atoms with Gasteiger partial charge in [-0.3, -0.25) is 0 Å². The number of hydrogen-bond donors (Lipinski definition) is 1. The molecule has 0 amide bonds. The molecule has 0 aliphatic heterocycles. The van der Waals surface area contributed by atoms with Crippen molar-refractivity contribution < 1.29 is 0 Å². The molecule has 1 aromatic carbocycles. The van der Waals surface area contributed by atoms with Crippen molar-refractivity contribution in [2.75, 3.05) is 18.1 Å². The van der Waals surface area contributed by atoms with Crippen LogP contribution in [0.2, 0.25) is 15.1 Å². The van der Waals surface area contributed by atoms with Crippen LogP contribution in [0.3, 0.4) is 0 Å². The van der Waals surface area contributed by atoms with Crippen LogP contribution in [0.4, 0.5) is 0 Å². The standard InChI is InChI=1S/C13H14Cl3NS/c1-3-7-18-8-6-17-9(2)10-4-5-11(14)13(16)12(10)15/h1,4-5,9,17H,6-8H2,2H3. The van der Waals surface area contributed by atoms with Gasteiger partial charge in [-0.05, 0) is 18.6 Å². The van der Waals surface area contributed by atoms with Crippen LogP contribution in [0.1, 0.15) is 18.5 Å². The Hall–Kier alpha value is -0.0400. The van der Waals surface area contributed by atoms with Crippen molar-refractivity contribution in [3.63, 3.8) is 0 Å². The normalized spacial score (nSPS) is 12.2. The number of thioether (sulfide) groups is 1. The Balaban J connectivity index is 2.54. The topological polar surface area (TPSA) is 12.0 Å². The van der Waals surface area contributed by atoms with E-state index in [2.05, 4.69) is 11.2 Å². The molecule has 18 heavy (non-hydrogen) atoms. The molecule has 0 aromatic heterocycles. The summed E-state index contributed by atoms with van der Waals surface area (Å²) in [4.78, 5) is 0. The lowest BCUT2D eigenvalue weighted by molar-refractivity contribution is 0.601. The summed E-state index contributed by atoms with van der Waals surface area (Å²) in [6.07, 6.45) is 5.18. The molecule has 0 spiro atoms. The van der Waals surface area contributed by atoms with Crippen molar-refractivity contribution in [2.24, 2.45) is 0 Å². The van der Waals surface area contributed by atoms with E-state index >= 15 is 0 Å². The lowest BCUT2D eigenvalue weighted by Gasteiger charge is -2.16. The van der Waals surface area contributed by atoms with Crippen LogP contribution >= 0.6 is 46.6 Å². The molecule has 1 aromatic rings. The fourth-order valence-electron chi connectivity index (χ4n) is 1.46. The summed E-state index contributed by atoms with van der Waals surface area (Å²) in [7, 11) is 0. The van der Waals surface area contributed by atoms with Gasteiger partial charge in [0.2, 0.25) is 0 Å². The molecular formula is C13H14Cl3NS. The van der Waals surface area contributed by atoms with E-state index in [1.165, 1.54) is 0 Å². The van der Waals surface area contributed by atoms with E-state index in [-0.39, 0.29) is 6.04 Å². The molecule has 5 heteroatoms. The van der Waals surface area contributed by atoms with Gasteiger partial charge in [0.15, 0.2) is 0 Å². The third-order valence-corrected chi connectivity index (χ3v) is 4.59. The minimum absolute atomic E-state index is 0.124. The minimum Gasteiger partial charge on any atom is -0.309 e. The van der Waals surface area contributed by atoms with E-state index in [0.29, 0.717) is 15.1 Å². The van der Waals surface area contributed by atoms with Crippen molar-refractivity contribution >= 4 is 46.6 Å². The van der Waals surface area contributed by atoms with Crippen LogP contribution in [-0.4, -0.2) is 18.1 Å². The molecule has 1 unspecified atom stereocenters. The zero-order valence-electron chi connectivity index (χ0n) is 9.97. The molecule has 1 N–H and O–H groups in total. The van der Waals surface area contributed by atoms with Gasteiger partial charge in [0, 0.05) is 18.3 Å². The number of terminal acetylenes is 1. The van der Waals surface area contributed by atoms with Crippen LogP contribution in [-0.2, 0) is 0 Å². The number of hydrogen-bond acceptors (Lipinski definition) is 2. The zero-order valence-corrected chi connectivity index (χ0v) is 13.1. The van der Waals surface area contributed by atoms with E-state index in [4.69, 9.17) is 41.2 Å². The summed E-state index contributed by atoms with van der Waals surface area (Å²) in [5.41, 5.74) is 0.952. The molecule has 0 fully saturated rings. The lowest BCUT2D eigenvalue weighted by Crippen LogP contribution is -2.21. The van der Waals surface area contributed by atoms with Crippen LogP contribution in [0, 0.1) is 12.3 Å². The molecule has 0 bridgehead atoms. The quantitative estimate of drug-likeness (QED) is 0.464. The SMILES string of the molecule is C#CCSCCNC(C)c1ccc(Cl)c(Cl)c1Cl. The highest BCUT2D eigenvalue weighted by atomic mass is 35.5. The highest BCUT2D eigenvalue weighted by Crippen LogP contribution is 2.35. The Bertz CT molecular complexity index is 443. The minimum atomic E-state index is 0.124. The predicted molar refractivity (Wildman–Crippen MR) is 84.0 cm³/mol. The highest BCUT2D eigenvalue weighted by molar-refractivity contribution is 7.99. The first-order chi connectivity index (χ1) is 8.57. The number of rotatable bonds is 6. The van der Waals surface area contributed by atoms with Crippen LogP contribution < -0.4 is 5.32 Å². The van der Waals surface area contributed by atoms with Crippen molar-refractivity contribution in [3.05, 3.63) is 32.8 Å². The molecule has 1 nitrogen and oxygen atoms in total. The first-order valence-electron chi connectivity index (χ1n) is 5.46. The average Bonchev–Trinajstić information content (AvgIpc) is 2.35. The first-order valence-corrected chi connectivity index (χ1v) is 7.74. The van der Waals surface area contributed by atoms with Gasteiger partial charge in [0.25, 0.3) is 0 Å². The third kappa shape index (κ3) is 4.57. The molecule has 0 radical (unpaired) electrons. The molecule has 98 valence electrons. The Morgan fingerprint density at radius 3 is 2.72 bits per heavy atom. The zero-order chi connectivity index (χ0) is 13.5. The number of halogens is 3. The second kappa shape index (κ2) is 8.19. The van der Waals surface area contributed by atoms with Crippen molar-refractivity contribution in [1.29, 1.82) is 0 Å². The fraction of sp³-hybridized carbons (Fsp3) is 0.385. The number of benzene rings is 1. The fourth-order valence-corrected chi connectivity index (χ4v) is 2.69. The Morgan fingerprint density at radius 2 is 2.06 bits per heavy atom. The van der Waals surface area contributed by atoms with Crippen molar-refractivity contribution in [3.8, 4) is 12.3 Å². The molecule has 0 aliphatic carbocycles. The molecule has 0 saturated heterocycles. The van der Waals surface area contributed by atoms with Gasteiger partial charge in [0.05, 0.1) is 20.8 Å². The lowest BCUT2D eigenvalue weighted by atomic mass is 10.1. The Morgan fingerprint density at radius 1 is 1.33 bits per heavy atom. The van der Waals surface area contributed by atoms with E-state index in [0.717, 1.165) is 23.6 Å². The van der Waals surface area contributed by atoms with Gasteiger partial charge in [-0.25, -0.2) is 0 Å². The number of nitrogens with one attached hydrogen (secondary N) is 1. The highest BCUT2D eigenvalue weighted by Gasteiger charge is 2.13. The molecule has 1 atom stereocenters. The van der Waals surface area contributed by atoms with Crippen LogP contribution in [0.5, 0.6) is 0 Å². The van der Waals surface area contributed by atoms with Crippen molar-refractivity contribution in [1.82, 2.24) is 5.32 Å². The van der Waals surface area contributed by atoms with Gasteiger partial charge < -0.3 is 5.32 Å². The summed E-state index contributed by atoms with van der Waals surface area (Å²) < 4.78 is 0. The molecule has 1 rings (SSSR count). The Labute approximate surface area is 128 Å². The van der Waals surface area contributed by atoms with E-state index in [1.807, 2.05) is 13.0 Å². The predicted octanol–water partition coefficient (Wildman–Crippen LogP) is 4.66. The Kier molecular flexibility index (Phi) is 7.29. The van der Waals surface area contributed by atoms with Crippen LogP contribution in [0.25, 0.3) is 0 Å². The maximum Gasteiger partial charge on any atom is 0.0781 e. The monoisotopic (exact) mass is 321 g/mol. The molecule has 0 aliphatic rings. The third-order valence-electron chi connectivity index (χ3n) is 2.41. The average molecular weight is 323 g/mol. The van der Waals surface area contributed by atoms with Gasteiger partial charge >= 0.3 is 0 Å². The smallest absolute Gasteiger partial charge is 0.0781 e. The summed E-state index contributed by atoms with van der Waals surface area (Å²) in [5.74, 6) is 4.30. The summed E-state index contributed by atoms with van der Waals surface area (Å²) in [5, 5.41) is 4.77. The second-order valence-corrected chi connectivity index (χ2v) is 5.97. The van der Waals surface area contributed by atoms with Gasteiger partial charge in [-0.2, -0.15) is 0 Å². The van der Waals surface area contributed by atoms with Gasteiger partial charge in [-0.1, -0.05) is 46.8 Å². The molecule has 0 heterocycles. The maximum absolute atomic E-state index is 6.17. The van der Waals surface area contributed by atoms with Crippen molar-refractivity contribution in [2.45, 2.75) is 13.0 Å². The molecule has 0 saturated carbocycles. The summed E-state index contributed by atoms with van der Waals surface area (Å²) in [6, 6.07) is 3.78.